The zero-order chi connectivity index (χ0) is 14.9. The predicted molar refractivity (Wildman–Crippen MR) is 79.7 cm³/mol. The maximum Gasteiger partial charge on any atom is 0.312 e. The summed E-state index contributed by atoms with van der Waals surface area (Å²) in [5, 5.41) is 11.0. The molecule has 0 atom stereocenters. The summed E-state index contributed by atoms with van der Waals surface area (Å²) in [5.41, 5.74) is 0.470. The summed E-state index contributed by atoms with van der Waals surface area (Å²) in [6.45, 7) is 1.79. The Bertz CT molecular complexity index is 692. The quantitative estimate of drug-likeness (QED) is 0.511. The number of hydrogen-bond acceptors (Lipinski definition) is 3. The molecule has 0 N–H and O–H groups in total. The molecule has 0 heterocycles. The molecule has 2 aromatic carbocycles. The molecule has 0 fully saturated rings. The summed E-state index contributed by atoms with van der Waals surface area (Å²) in [6.07, 6.45) is 0. The lowest BCUT2D eigenvalue weighted by Crippen LogP contribution is -1.96. The van der Waals surface area contributed by atoms with Crippen LogP contribution in [0.2, 0.25) is 0 Å². The fourth-order valence-electron chi connectivity index (χ4n) is 1.59. The molecule has 4 nitrogen and oxygen atoms in total. The molecule has 0 saturated carbocycles. The largest absolute Gasteiger partial charge is 0.450 e. The minimum absolute atomic E-state index is 0.0177. The van der Waals surface area contributed by atoms with Crippen LogP contribution in [0.25, 0.3) is 0 Å². The Hall–Kier alpha value is -1.47. The van der Waals surface area contributed by atoms with Crippen LogP contribution in [0.1, 0.15) is 5.56 Å². The first kappa shape index (κ1) is 14.9. The standard InChI is InChI=1S/C13H8Br2FNO3/c1-7-4-8(14)2-3-12(7)20-13-6-10(16)9(15)5-11(13)17(18)19/h2-6H,1H3. The third-order valence-corrected chi connectivity index (χ3v) is 3.66. The van der Waals surface area contributed by atoms with Crippen LogP contribution in [0.5, 0.6) is 11.5 Å². The van der Waals surface area contributed by atoms with Crippen molar-refractivity contribution in [1.82, 2.24) is 0 Å². The van der Waals surface area contributed by atoms with E-state index in [-0.39, 0.29) is 15.9 Å². The molecular weight excluding hydrogens is 397 g/mol. The SMILES string of the molecule is Cc1cc(Br)ccc1Oc1cc(F)c(Br)cc1[N+](=O)[O-]. The van der Waals surface area contributed by atoms with E-state index in [0.29, 0.717) is 5.75 Å². The highest BCUT2D eigenvalue weighted by molar-refractivity contribution is 9.10. The topological polar surface area (TPSA) is 52.4 Å². The van der Waals surface area contributed by atoms with Gasteiger partial charge in [0.1, 0.15) is 11.6 Å². The molecule has 0 amide bonds. The van der Waals surface area contributed by atoms with Crippen molar-refractivity contribution in [3.05, 3.63) is 60.8 Å². The maximum atomic E-state index is 13.5. The van der Waals surface area contributed by atoms with E-state index in [9.17, 15) is 14.5 Å². The van der Waals surface area contributed by atoms with Gasteiger partial charge in [-0.25, -0.2) is 4.39 Å². The van der Waals surface area contributed by atoms with E-state index in [4.69, 9.17) is 4.74 Å². The van der Waals surface area contributed by atoms with Crippen molar-refractivity contribution >= 4 is 37.5 Å². The molecule has 0 aliphatic rings. The van der Waals surface area contributed by atoms with Gasteiger partial charge in [-0.2, -0.15) is 0 Å². The number of nitro benzene ring substituents is 1. The van der Waals surface area contributed by atoms with E-state index in [1.54, 1.807) is 25.1 Å². The highest BCUT2D eigenvalue weighted by Crippen LogP contribution is 2.36. The van der Waals surface area contributed by atoms with Gasteiger partial charge < -0.3 is 4.74 Å². The number of rotatable bonds is 3. The summed E-state index contributed by atoms with van der Waals surface area (Å²) in [4.78, 5) is 10.4. The van der Waals surface area contributed by atoms with Gasteiger partial charge >= 0.3 is 5.69 Å². The highest BCUT2D eigenvalue weighted by atomic mass is 79.9. The lowest BCUT2D eigenvalue weighted by atomic mass is 10.2. The van der Waals surface area contributed by atoms with Crippen molar-refractivity contribution in [3.8, 4) is 11.5 Å². The van der Waals surface area contributed by atoms with E-state index >= 15 is 0 Å². The molecule has 0 unspecified atom stereocenters. The van der Waals surface area contributed by atoms with Crippen molar-refractivity contribution in [3.63, 3.8) is 0 Å². The Balaban J connectivity index is 2.47. The molecule has 0 aliphatic heterocycles. The van der Waals surface area contributed by atoms with Gasteiger partial charge in [0.2, 0.25) is 5.75 Å². The normalized spacial score (nSPS) is 10.4. The molecule has 20 heavy (non-hydrogen) atoms. The van der Waals surface area contributed by atoms with Crippen molar-refractivity contribution in [2.45, 2.75) is 6.92 Å². The van der Waals surface area contributed by atoms with E-state index < -0.39 is 10.7 Å². The molecule has 0 radical (unpaired) electrons. The van der Waals surface area contributed by atoms with Crippen LogP contribution in [0.4, 0.5) is 10.1 Å². The van der Waals surface area contributed by atoms with Crippen LogP contribution in [-0.2, 0) is 0 Å². The number of aryl methyl sites for hydroxylation is 1. The third-order valence-electron chi connectivity index (χ3n) is 2.56. The average molecular weight is 405 g/mol. The van der Waals surface area contributed by atoms with E-state index in [2.05, 4.69) is 31.9 Å². The van der Waals surface area contributed by atoms with Gasteiger partial charge in [0.25, 0.3) is 0 Å². The maximum absolute atomic E-state index is 13.5. The van der Waals surface area contributed by atoms with Crippen LogP contribution in [0.15, 0.2) is 39.3 Å². The molecule has 0 spiro atoms. The smallest absolute Gasteiger partial charge is 0.312 e. The summed E-state index contributed by atoms with van der Waals surface area (Å²) in [7, 11) is 0. The molecule has 7 heteroatoms. The molecule has 2 rings (SSSR count). The van der Waals surface area contributed by atoms with Gasteiger partial charge in [-0.15, -0.1) is 0 Å². The van der Waals surface area contributed by atoms with Crippen LogP contribution < -0.4 is 4.74 Å². The second kappa shape index (κ2) is 5.88. The Morgan fingerprint density at radius 1 is 1.20 bits per heavy atom. The number of nitro groups is 1. The van der Waals surface area contributed by atoms with Crippen molar-refractivity contribution in [2.75, 3.05) is 0 Å². The molecular formula is C13H8Br2FNO3. The third kappa shape index (κ3) is 3.16. The Morgan fingerprint density at radius 2 is 1.90 bits per heavy atom. The average Bonchev–Trinajstić information content (AvgIpc) is 2.36. The highest BCUT2D eigenvalue weighted by Gasteiger charge is 2.20. The lowest BCUT2D eigenvalue weighted by molar-refractivity contribution is -0.385. The van der Waals surface area contributed by atoms with Crippen LogP contribution in [0.3, 0.4) is 0 Å². The summed E-state index contributed by atoms with van der Waals surface area (Å²) >= 11 is 6.23. The van der Waals surface area contributed by atoms with Gasteiger partial charge in [0.05, 0.1) is 9.40 Å². The molecule has 104 valence electrons. The van der Waals surface area contributed by atoms with Gasteiger partial charge in [-0.3, -0.25) is 10.1 Å². The van der Waals surface area contributed by atoms with Gasteiger partial charge in [0, 0.05) is 16.6 Å². The fourth-order valence-corrected chi connectivity index (χ4v) is 2.40. The molecule has 0 aromatic heterocycles. The Labute approximate surface area is 131 Å². The van der Waals surface area contributed by atoms with E-state index in [1.165, 1.54) is 0 Å². The van der Waals surface area contributed by atoms with Crippen LogP contribution in [-0.4, -0.2) is 4.92 Å². The molecule has 2 aromatic rings. The summed E-state index contributed by atoms with van der Waals surface area (Å²) in [6, 6.07) is 7.27. The van der Waals surface area contributed by atoms with E-state index in [0.717, 1.165) is 22.2 Å². The first-order valence-electron chi connectivity index (χ1n) is 5.46. The molecule has 0 aliphatic carbocycles. The summed E-state index contributed by atoms with van der Waals surface area (Å²) < 4.78 is 19.9. The van der Waals surface area contributed by atoms with Crippen molar-refractivity contribution in [1.29, 1.82) is 0 Å². The van der Waals surface area contributed by atoms with Crippen LogP contribution in [0, 0.1) is 22.9 Å². The fraction of sp³-hybridized carbons (Fsp3) is 0.0769. The van der Waals surface area contributed by atoms with Crippen molar-refractivity contribution in [2.24, 2.45) is 0 Å². The lowest BCUT2D eigenvalue weighted by Gasteiger charge is -2.10. The van der Waals surface area contributed by atoms with Gasteiger partial charge in [0.15, 0.2) is 0 Å². The monoisotopic (exact) mass is 403 g/mol. The molecule has 0 saturated heterocycles. The van der Waals surface area contributed by atoms with Gasteiger partial charge in [-0.05, 0) is 46.6 Å². The minimum Gasteiger partial charge on any atom is -0.450 e. The second-order valence-corrected chi connectivity index (χ2v) is 5.77. The Kier molecular flexibility index (Phi) is 4.39. The zero-order valence-electron chi connectivity index (χ0n) is 10.2. The van der Waals surface area contributed by atoms with Crippen LogP contribution >= 0.6 is 31.9 Å². The first-order chi connectivity index (χ1) is 9.38. The number of halogens is 3. The van der Waals surface area contributed by atoms with E-state index in [1.807, 2.05) is 0 Å². The summed E-state index contributed by atoms with van der Waals surface area (Å²) in [5.74, 6) is -0.334. The zero-order valence-corrected chi connectivity index (χ0v) is 13.4. The molecule has 0 bridgehead atoms. The first-order valence-corrected chi connectivity index (χ1v) is 7.04. The second-order valence-electron chi connectivity index (χ2n) is 4.00. The van der Waals surface area contributed by atoms with Crippen molar-refractivity contribution < 1.29 is 14.1 Å². The number of nitrogens with zero attached hydrogens (tertiary/aromatic N) is 1. The predicted octanol–water partition coefficient (Wildman–Crippen LogP) is 5.36. The number of hydrogen-bond donors (Lipinski definition) is 0. The number of ether oxygens (including phenoxy) is 1. The Morgan fingerprint density at radius 3 is 2.50 bits per heavy atom. The van der Waals surface area contributed by atoms with Gasteiger partial charge in [-0.1, -0.05) is 15.9 Å². The minimum atomic E-state index is -0.625. The number of benzene rings is 2.